The van der Waals surface area contributed by atoms with Crippen LogP contribution < -0.4 is 5.73 Å². The van der Waals surface area contributed by atoms with E-state index in [2.05, 4.69) is 4.74 Å². The summed E-state index contributed by atoms with van der Waals surface area (Å²) in [6.45, 7) is 5.44. The van der Waals surface area contributed by atoms with Gasteiger partial charge in [-0.2, -0.15) is 0 Å². The Morgan fingerprint density at radius 3 is 2.00 bits per heavy atom. The van der Waals surface area contributed by atoms with Crippen LogP contribution in [0.2, 0.25) is 0 Å². The molecule has 0 saturated carbocycles. The Labute approximate surface area is 83.5 Å². The van der Waals surface area contributed by atoms with Crippen LogP contribution in [0.1, 0.15) is 20.8 Å². The van der Waals surface area contributed by atoms with E-state index < -0.39 is 23.9 Å². The molecule has 0 aliphatic heterocycles. The first-order chi connectivity index (χ1) is 6.54. The topological polar surface area (TPSA) is 78.6 Å². The molecule has 5 nitrogen and oxygen atoms in total. The average Bonchev–Trinajstić information content (AvgIpc) is 2.16. The molecule has 0 spiro atoms. The van der Waals surface area contributed by atoms with Gasteiger partial charge in [-0.25, -0.2) is 0 Å². The molecule has 0 aromatic carbocycles. The lowest BCUT2D eigenvalue weighted by atomic mass is 10.0. The number of hydrogen-bond donors (Lipinski definition) is 1. The van der Waals surface area contributed by atoms with E-state index in [0.717, 1.165) is 0 Å². The summed E-state index contributed by atoms with van der Waals surface area (Å²) < 4.78 is 9.41. The third kappa shape index (κ3) is 3.74. The van der Waals surface area contributed by atoms with E-state index in [9.17, 15) is 9.59 Å². The highest BCUT2D eigenvalue weighted by atomic mass is 16.5. The van der Waals surface area contributed by atoms with Crippen LogP contribution in [-0.2, 0) is 19.1 Å². The van der Waals surface area contributed by atoms with E-state index in [1.54, 1.807) is 20.8 Å². The Morgan fingerprint density at radius 2 is 1.57 bits per heavy atom. The summed E-state index contributed by atoms with van der Waals surface area (Å²) in [7, 11) is 0. The van der Waals surface area contributed by atoms with Crippen LogP contribution in [0, 0.1) is 5.92 Å². The number of esters is 2. The fourth-order valence-corrected chi connectivity index (χ4v) is 0.863. The number of hydrogen-bond acceptors (Lipinski definition) is 5. The lowest BCUT2D eigenvalue weighted by Crippen LogP contribution is -2.42. The minimum Gasteiger partial charge on any atom is -0.466 e. The van der Waals surface area contributed by atoms with Crippen molar-refractivity contribution in [3.05, 3.63) is 0 Å². The minimum absolute atomic E-state index is 0.252. The molecular weight excluding hydrogens is 186 g/mol. The minimum atomic E-state index is -0.950. The van der Waals surface area contributed by atoms with Crippen LogP contribution in [-0.4, -0.2) is 31.2 Å². The van der Waals surface area contributed by atoms with E-state index >= 15 is 0 Å². The van der Waals surface area contributed by atoms with Crippen molar-refractivity contribution in [2.75, 3.05) is 13.2 Å². The third-order valence-corrected chi connectivity index (χ3v) is 1.76. The molecule has 2 N–H and O–H groups in total. The van der Waals surface area contributed by atoms with Crippen molar-refractivity contribution in [2.24, 2.45) is 11.7 Å². The fraction of sp³-hybridized carbons (Fsp3) is 0.778. The van der Waals surface area contributed by atoms with Crippen LogP contribution in [0.4, 0.5) is 0 Å². The molecule has 0 aromatic heterocycles. The Kier molecular flexibility index (Phi) is 5.87. The van der Waals surface area contributed by atoms with Crippen molar-refractivity contribution in [1.29, 1.82) is 0 Å². The summed E-state index contributed by atoms with van der Waals surface area (Å²) in [6.07, 6.45) is 0. The van der Waals surface area contributed by atoms with Gasteiger partial charge in [-0.1, -0.05) is 0 Å². The van der Waals surface area contributed by atoms with Gasteiger partial charge in [0.1, 0.15) is 6.04 Å². The fourth-order valence-electron chi connectivity index (χ4n) is 0.863. The van der Waals surface area contributed by atoms with Crippen molar-refractivity contribution in [3.8, 4) is 0 Å². The smallest absolute Gasteiger partial charge is 0.323 e. The maximum atomic E-state index is 11.2. The highest BCUT2D eigenvalue weighted by molar-refractivity contribution is 5.84. The molecular formula is C9H17NO4. The molecule has 0 radical (unpaired) electrons. The Bertz CT molecular complexity index is 183. The van der Waals surface area contributed by atoms with E-state index in [4.69, 9.17) is 10.5 Å². The van der Waals surface area contributed by atoms with Crippen molar-refractivity contribution < 1.29 is 19.1 Å². The predicted octanol–water partition coefficient (Wildman–Crippen LogP) is 0.0760. The summed E-state index contributed by atoms with van der Waals surface area (Å²) in [4.78, 5) is 22.3. The molecule has 2 atom stereocenters. The molecule has 0 unspecified atom stereocenters. The number of carbonyl (C=O) groups excluding carboxylic acids is 2. The zero-order chi connectivity index (χ0) is 11.1. The lowest BCUT2D eigenvalue weighted by Gasteiger charge is -2.16. The molecule has 14 heavy (non-hydrogen) atoms. The monoisotopic (exact) mass is 203 g/mol. The first kappa shape index (κ1) is 12.9. The maximum absolute atomic E-state index is 11.2. The molecule has 0 fully saturated rings. The second kappa shape index (κ2) is 6.37. The van der Waals surface area contributed by atoms with Gasteiger partial charge in [0, 0.05) is 0 Å². The highest BCUT2D eigenvalue weighted by Crippen LogP contribution is 2.05. The van der Waals surface area contributed by atoms with E-state index in [-0.39, 0.29) is 13.2 Å². The van der Waals surface area contributed by atoms with Crippen LogP contribution in [0.5, 0.6) is 0 Å². The predicted molar refractivity (Wildman–Crippen MR) is 50.4 cm³/mol. The molecule has 5 heteroatoms. The standard InChI is InChI=1S/C9H17NO4/c1-4-13-8(11)6(3)7(10)9(12)14-5-2/h6-7H,4-5,10H2,1-3H3/t6-,7-/m0/s1. The number of nitrogens with two attached hydrogens (primary N) is 1. The quantitative estimate of drug-likeness (QED) is 0.640. The molecule has 0 saturated heterocycles. The largest absolute Gasteiger partial charge is 0.466 e. The van der Waals surface area contributed by atoms with Gasteiger partial charge in [-0.15, -0.1) is 0 Å². The van der Waals surface area contributed by atoms with Gasteiger partial charge in [0.2, 0.25) is 0 Å². The van der Waals surface area contributed by atoms with Crippen LogP contribution in [0.15, 0.2) is 0 Å². The van der Waals surface area contributed by atoms with E-state index in [1.807, 2.05) is 0 Å². The number of carbonyl (C=O) groups is 2. The van der Waals surface area contributed by atoms with Crippen LogP contribution >= 0.6 is 0 Å². The van der Waals surface area contributed by atoms with E-state index in [0.29, 0.717) is 0 Å². The molecule has 0 heterocycles. The Morgan fingerprint density at radius 1 is 1.14 bits per heavy atom. The van der Waals surface area contributed by atoms with Crippen LogP contribution in [0.25, 0.3) is 0 Å². The summed E-state index contributed by atoms with van der Waals surface area (Å²) in [5.41, 5.74) is 5.50. The second-order valence-corrected chi connectivity index (χ2v) is 2.82. The molecule has 82 valence electrons. The normalized spacial score (nSPS) is 14.3. The van der Waals surface area contributed by atoms with Crippen LogP contribution in [0.3, 0.4) is 0 Å². The molecule has 0 bridgehead atoms. The summed E-state index contributed by atoms with van der Waals surface area (Å²) in [6, 6.07) is -0.950. The number of rotatable bonds is 5. The van der Waals surface area contributed by atoms with Gasteiger partial charge < -0.3 is 15.2 Å². The molecule has 0 rings (SSSR count). The Hall–Kier alpha value is -1.10. The highest BCUT2D eigenvalue weighted by Gasteiger charge is 2.28. The number of ether oxygens (including phenoxy) is 2. The SMILES string of the molecule is CCOC(=O)[C@@H](C)[C@H](N)C(=O)OCC. The summed E-state index contributed by atoms with van der Waals surface area (Å²) in [5, 5.41) is 0. The average molecular weight is 203 g/mol. The third-order valence-electron chi connectivity index (χ3n) is 1.76. The van der Waals surface area contributed by atoms with Crippen molar-refractivity contribution in [3.63, 3.8) is 0 Å². The second-order valence-electron chi connectivity index (χ2n) is 2.82. The van der Waals surface area contributed by atoms with Gasteiger partial charge in [-0.05, 0) is 20.8 Å². The summed E-state index contributed by atoms with van der Waals surface area (Å²) >= 11 is 0. The zero-order valence-corrected chi connectivity index (χ0v) is 8.78. The Balaban J connectivity index is 4.16. The zero-order valence-electron chi connectivity index (χ0n) is 8.78. The van der Waals surface area contributed by atoms with Gasteiger partial charge >= 0.3 is 11.9 Å². The van der Waals surface area contributed by atoms with Gasteiger partial charge in [0.05, 0.1) is 19.1 Å². The van der Waals surface area contributed by atoms with Gasteiger partial charge in [0.15, 0.2) is 0 Å². The van der Waals surface area contributed by atoms with Crippen molar-refractivity contribution in [1.82, 2.24) is 0 Å². The molecule has 0 amide bonds. The first-order valence-electron chi connectivity index (χ1n) is 4.63. The molecule has 0 aromatic rings. The first-order valence-corrected chi connectivity index (χ1v) is 4.63. The van der Waals surface area contributed by atoms with Crippen molar-refractivity contribution in [2.45, 2.75) is 26.8 Å². The van der Waals surface area contributed by atoms with E-state index in [1.165, 1.54) is 0 Å². The molecule has 0 aliphatic rings. The summed E-state index contributed by atoms with van der Waals surface area (Å²) in [5.74, 6) is -1.73. The molecule has 0 aliphatic carbocycles. The lowest BCUT2D eigenvalue weighted by molar-refractivity contribution is -0.155. The maximum Gasteiger partial charge on any atom is 0.323 e. The van der Waals surface area contributed by atoms with Crippen molar-refractivity contribution >= 4 is 11.9 Å². The van der Waals surface area contributed by atoms with Gasteiger partial charge in [0.25, 0.3) is 0 Å². The van der Waals surface area contributed by atoms with Gasteiger partial charge in [-0.3, -0.25) is 9.59 Å².